The van der Waals surface area contributed by atoms with Crippen molar-refractivity contribution in [2.24, 2.45) is 0 Å². The van der Waals surface area contributed by atoms with Crippen molar-refractivity contribution in [3.63, 3.8) is 0 Å². The molecule has 0 bridgehead atoms. The molecule has 100 valence electrons. The molecular weight excluding hydrogens is 224 g/mol. The minimum atomic E-state index is 0.549. The predicted molar refractivity (Wildman–Crippen MR) is 74.5 cm³/mol. The SMILES string of the molecule is CC1CN(Cc2ccccn2)CC(CN(C)C)N1. The van der Waals surface area contributed by atoms with E-state index < -0.39 is 0 Å². The summed E-state index contributed by atoms with van der Waals surface area (Å²) in [6, 6.07) is 7.23. The molecule has 18 heavy (non-hydrogen) atoms. The van der Waals surface area contributed by atoms with Crippen LogP contribution in [0.15, 0.2) is 24.4 Å². The van der Waals surface area contributed by atoms with Gasteiger partial charge in [-0.1, -0.05) is 6.07 Å². The number of nitrogens with zero attached hydrogens (tertiary/aromatic N) is 3. The van der Waals surface area contributed by atoms with Gasteiger partial charge in [0.05, 0.1) is 5.69 Å². The molecule has 1 aliphatic rings. The molecule has 0 radical (unpaired) electrons. The second-order valence-corrected chi connectivity index (χ2v) is 5.54. The Morgan fingerprint density at radius 2 is 2.22 bits per heavy atom. The molecule has 4 heteroatoms. The summed E-state index contributed by atoms with van der Waals surface area (Å²) < 4.78 is 0. The van der Waals surface area contributed by atoms with Crippen molar-refractivity contribution in [3.8, 4) is 0 Å². The van der Waals surface area contributed by atoms with Crippen LogP contribution in [-0.2, 0) is 6.54 Å². The lowest BCUT2D eigenvalue weighted by Gasteiger charge is -2.38. The summed E-state index contributed by atoms with van der Waals surface area (Å²) in [5.74, 6) is 0. The Labute approximate surface area is 110 Å². The first-order valence-corrected chi connectivity index (χ1v) is 6.66. The average molecular weight is 248 g/mol. The van der Waals surface area contributed by atoms with Crippen LogP contribution in [0.2, 0.25) is 0 Å². The lowest BCUT2D eigenvalue weighted by molar-refractivity contribution is 0.141. The van der Waals surface area contributed by atoms with Gasteiger partial charge in [0.15, 0.2) is 0 Å². The highest BCUT2D eigenvalue weighted by Crippen LogP contribution is 2.09. The summed E-state index contributed by atoms with van der Waals surface area (Å²) in [6.45, 7) is 6.49. The maximum atomic E-state index is 4.41. The zero-order valence-corrected chi connectivity index (χ0v) is 11.6. The minimum absolute atomic E-state index is 0.549. The van der Waals surface area contributed by atoms with Gasteiger partial charge in [-0.15, -0.1) is 0 Å². The number of piperazine rings is 1. The monoisotopic (exact) mass is 248 g/mol. The van der Waals surface area contributed by atoms with Crippen LogP contribution in [0.4, 0.5) is 0 Å². The van der Waals surface area contributed by atoms with E-state index in [4.69, 9.17) is 0 Å². The van der Waals surface area contributed by atoms with Crippen molar-refractivity contribution in [3.05, 3.63) is 30.1 Å². The van der Waals surface area contributed by atoms with Crippen molar-refractivity contribution in [2.45, 2.75) is 25.6 Å². The van der Waals surface area contributed by atoms with E-state index in [-0.39, 0.29) is 0 Å². The van der Waals surface area contributed by atoms with Crippen molar-refractivity contribution in [2.75, 3.05) is 33.7 Å². The summed E-state index contributed by atoms with van der Waals surface area (Å²) in [6.07, 6.45) is 1.87. The Hall–Kier alpha value is -0.970. The number of rotatable bonds is 4. The lowest BCUT2D eigenvalue weighted by Crippen LogP contribution is -2.57. The van der Waals surface area contributed by atoms with Crippen molar-refractivity contribution >= 4 is 0 Å². The van der Waals surface area contributed by atoms with E-state index in [9.17, 15) is 0 Å². The standard InChI is InChI=1S/C14H24N4/c1-12-8-18(10-13-6-4-5-7-15-13)11-14(16-12)9-17(2)3/h4-7,12,14,16H,8-11H2,1-3H3. The Morgan fingerprint density at radius 1 is 1.39 bits per heavy atom. The van der Waals surface area contributed by atoms with Gasteiger partial charge in [0, 0.05) is 44.5 Å². The fourth-order valence-electron chi connectivity index (χ4n) is 2.68. The highest BCUT2D eigenvalue weighted by atomic mass is 15.2. The van der Waals surface area contributed by atoms with Crippen LogP contribution >= 0.6 is 0 Å². The summed E-state index contributed by atoms with van der Waals surface area (Å²) >= 11 is 0. The third-order valence-electron chi connectivity index (χ3n) is 3.23. The van der Waals surface area contributed by atoms with Gasteiger partial charge in [-0.2, -0.15) is 0 Å². The van der Waals surface area contributed by atoms with Crippen LogP contribution in [0.3, 0.4) is 0 Å². The summed E-state index contributed by atoms with van der Waals surface area (Å²) in [5.41, 5.74) is 1.16. The van der Waals surface area contributed by atoms with Crippen LogP contribution < -0.4 is 5.32 Å². The van der Waals surface area contributed by atoms with Gasteiger partial charge >= 0.3 is 0 Å². The second kappa shape index (κ2) is 6.27. The second-order valence-electron chi connectivity index (χ2n) is 5.54. The minimum Gasteiger partial charge on any atom is -0.308 e. The van der Waals surface area contributed by atoms with Gasteiger partial charge < -0.3 is 10.2 Å². The zero-order chi connectivity index (χ0) is 13.0. The molecule has 1 N–H and O–H groups in total. The topological polar surface area (TPSA) is 31.4 Å². The maximum Gasteiger partial charge on any atom is 0.0543 e. The molecule has 1 aromatic heterocycles. The van der Waals surface area contributed by atoms with E-state index in [0.717, 1.165) is 31.9 Å². The molecule has 4 nitrogen and oxygen atoms in total. The van der Waals surface area contributed by atoms with Crippen molar-refractivity contribution < 1.29 is 0 Å². The van der Waals surface area contributed by atoms with E-state index in [0.29, 0.717) is 12.1 Å². The normalized spacial score (nSPS) is 25.6. The van der Waals surface area contributed by atoms with E-state index in [1.807, 2.05) is 12.3 Å². The maximum absolute atomic E-state index is 4.41. The van der Waals surface area contributed by atoms with Crippen LogP contribution in [0.1, 0.15) is 12.6 Å². The largest absolute Gasteiger partial charge is 0.308 e. The third kappa shape index (κ3) is 4.05. The van der Waals surface area contributed by atoms with E-state index in [2.05, 4.69) is 53.3 Å². The van der Waals surface area contributed by atoms with Gasteiger partial charge in [0.2, 0.25) is 0 Å². The van der Waals surface area contributed by atoms with Gasteiger partial charge in [-0.3, -0.25) is 9.88 Å². The molecule has 2 rings (SSSR count). The molecule has 0 aromatic carbocycles. The number of hydrogen-bond acceptors (Lipinski definition) is 4. The molecule has 1 saturated heterocycles. The lowest BCUT2D eigenvalue weighted by atomic mass is 10.1. The summed E-state index contributed by atoms with van der Waals surface area (Å²) in [5, 5.41) is 3.66. The Bertz CT molecular complexity index is 350. The first-order chi connectivity index (χ1) is 8.63. The van der Waals surface area contributed by atoms with Crippen LogP contribution in [0.25, 0.3) is 0 Å². The Morgan fingerprint density at radius 3 is 2.89 bits per heavy atom. The highest BCUT2D eigenvalue weighted by Gasteiger charge is 2.24. The number of pyridine rings is 1. The summed E-state index contributed by atoms with van der Waals surface area (Å²) in [4.78, 5) is 9.15. The van der Waals surface area contributed by atoms with Gasteiger partial charge in [-0.05, 0) is 33.2 Å². The van der Waals surface area contributed by atoms with E-state index >= 15 is 0 Å². The van der Waals surface area contributed by atoms with E-state index in [1.54, 1.807) is 0 Å². The molecule has 0 aliphatic carbocycles. The molecule has 0 saturated carbocycles. The van der Waals surface area contributed by atoms with Crippen LogP contribution in [0.5, 0.6) is 0 Å². The van der Waals surface area contributed by atoms with Gasteiger partial charge in [0.1, 0.15) is 0 Å². The Balaban J connectivity index is 1.92. The molecule has 1 fully saturated rings. The predicted octanol–water partition coefficient (Wildman–Crippen LogP) is 0.805. The fourth-order valence-corrected chi connectivity index (χ4v) is 2.68. The first-order valence-electron chi connectivity index (χ1n) is 6.66. The van der Waals surface area contributed by atoms with Crippen molar-refractivity contribution in [1.82, 2.24) is 20.1 Å². The number of nitrogens with one attached hydrogen (secondary N) is 1. The van der Waals surface area contributed by atoms with Gasteiger partial charge in [0.25, 0.3) is 0 Å². The average Bonchev–Trinajstić information content (AvgIpc) is 2.28. The zero-order valence-electron chi connectivity index (χ0n) is 11.6. The third-order valence-corrected chi connectivity index (χ3v) is 3.23. The summed E-state index contributed by atoms with van der Waals surface area (Å²) in [7, 11) is 4.26. The molecule has 0 amide bonds. The number of aromatic nitrogens is 1. The van der Waals surface area contributed by atoms with E-state index in [1.165, 1.54) is 0 Å². The Kier molecular flexibility index (Phi) is 4.69. The van der Waals surface area contributed by atoms with Crippen LogP contribution in [-0.4, -0.2) is 60.6 Å². The highest BCUT2D eigenvalue weighted by molar-refractivity contribution is 5.04. The quantitative estimate of drug-likeness (QED) is 0.854. The van der Waals surface area contributed by atoms with Crippen LogP contribution in [0, 0.1) is 0 Å². The van der Waals surface area contributed by atoms with Gasteiger partial charge in [-0.25, -0.2) is 0 Å². The molecule has 1 aliphatic heterocycles. The first kappa shape index (κ1) is 13.5. The smallest absolute Gasteiger partial charge is 0.0543 e. The number of hydrogen-bond donors (Lipinski definition) is 1. The molecule has 2 unspecified atom stereocenters. The molecule has 0 spiro atoms. The molecule has 2 heterocycles. The van der Waals surface area contributed by atoms with Crippen molar-refractivity contribution in [1.29, 1.82) is 0 Å². The fraction of sp³-hybridized carbons (Fsp3) is 0.643. The molecular formula is C14H24N4. The molecule has 2 atom stereocenters. The molecule has 1 aromatic rings. The number of likely N-dealkylation sites (N-methyl/N-ethyl adjacent to an activating group) is 1.